The number of carbonyl (C=O) groups is 1. The first-order valence-corrected chi connectivity index (χ1v) is 4.69. The number of para-hydroxylation sites is 1. The second-order valence-corrected chi connectivity index (χ2v) is 4.27. The maximum absolute atomic E-state index is 11.3. The molecule has 0 N–H and O–H groups in total. The van der Waals surface area contributed by atoms with Crippen LogP contribution in [0.4, 0.5) is 0 Å². The number of carbonyl (C=O) groups excluding carboxylic acids is 1. The van der Waals surface area contributed by atoms with Gasteiger partial charge in [0.05, 0.1) is 5.56 Å². The second-order valence-electron chi connectivity index (χ2n) is 4.27. The highest BCUT2D eigenvalue weighted by atomic mass is 16.5. The third kappa shape index (κ3) is 2.87. The van der Waals surface area contributed by atoms with Gasteiger partial charge >= 0.3 is 0 Å². The van der Waals surface area contributed by atoms with Crippen molar-refractivity contribution in [3.63, 3.8) is 0 Å². The van der Waals surface area contributed by atoms with E-state index in [1.807, 2.05) is 39.0 Å². The van der Waals surface area contributed by atoms with Crippen LogP contribution < -0.4 is 4.74 Å². The summed E-state index contributed by atoms with van der Waals surface area (Å²) in [5.41, 5.74) is 0.369. The molecular weight excluding hydrogens is 176 g/mol. The average molecular weight is 192 g/mol. The molecule has 0 aliphatic rings. The Morgan fingerprint density at radius 2 is 1.79 bits per heavy atom. The van der Waals surface area contributed by atoms with Crippen LogP contribution in [0, 0.1) is 0 Å². The van der Waals surface area contributed by atoms with Crippen molar-refractivity contribution in [2.24, 2.45) is 0 Å². The van der Waals surface area contributed by atoms with E-state index in [4.69, 9.17) is 4.74 Å². The number of ether oxygens (including phenoxy) is 1. The minimum absolute atomic E-state index is 0.0323. The van der Waals surface area contributed by atoms with Gasteiger partial charge in [0.25, 0.3) is 0 Å². The molecule has 0 bridgehead atoms. The highest BCUT2D eigenvalue weighted by Gasteiger charge is 2.15. The van der Waals surface area contributed by atoms with Gasteiger partial charge in [0.2, 0.25) is 0 Å². The lowest BCUT2D eigenvalue weighted by Crippen LogP contribution is -2.23. The molecule has 1 aromatic carbocycles. The van der Waals surface area contributed by atoms with E-state index in [0.717, 1.165) is 0 Å². The van der Waals surface area contributed by atoms with Crippen molar-refractivity contribution in [3.05, 3.63) is 29.8 Å². The Kier molecular flexibility index (Phi) is 2.94. The number of ketones is 1. The quantitative estimate of drug-likeness (QED) is 0.673. The maximum atomic E-state index is 11.3. The monoisotopic (exact) mass is 192 g/mol. The third-order valence-electron chi connectivity index (χ3n) is 1.68. The molecule has 76 valence electrons. The van der Waals surface area contributed by atoms with Crippen molar-refractivity contribution in [2.75, 3.05) is 0 Å². The number of benzene rings is 1. The van der Waals surface area contributed by atoms with E-state index in [-0.39, 0.29) is 11.4 Å². The largest absolute Gasteiger partial charge is 0.487 e. The van der Waals surface area contributed by atoms with Gasteiger partial charge in [0.15, 0.2) is 5.78 Å². The molecule has 2 nitrogen and oxygen atoms in total. The van der Waals surface area contributed by atoms with E-state index in [1.165, 1.54) is 0 Å². The molecule has 0 aliphatic heterocycles. The molecule has 0 unspecified atom stereocenters. The number of Topliss-reactive ketones (excluding diaryl/α,β-unsaturated/α-hetero) is 1. The zero-order chi connectivity index (χ0) is 10.8. The Bertz CT molecular complexity index is 334. The Hall–Kier alpha value is -1.31. The first-order chi connectivity index (χ1) is 6.40. The fourth-order valence-corrected chi connectivity index (χ4v) is 1.18. The van der Waals surface area contributed by atoms with Crippen LogP contribution in [0.1, 0.15) is 38.1 Å². The van der Waals surface area contributed by atoms with Crippen molar-refractivity contribution in [1.29, 1.82) is 0 Å². The van der Waals surface area contributed by atoms with Gasteiger partial charge in [-0.25, -0.2) is 0 Å². The van der Waals surface area contributed by atoms with Crippen LogP contribution in [0.5, 0.6) is 5.75 Å². The molecule has 0 saturated heterocycles. The Morgan fingerprint density at radius 3 is 2.29 bits per heavy atom. The van der Waals surface area contributed by atoms with E-state index in [1.54, 1.807) is 13.0 Å². The molecule has 0 heterocycles. The number of rotatable bonds is 2. The lowest BCUT2D eigenvalue weighted by Gasteiger charge is -2.22. The van der Waals surface area contributed by atoms with Crippen LogP contribution >= 0.6 is 0 Å². The summed E-state index contributed by atoms with van der Waals surface area (Å²) in [5.74, 6) is 0.692. The zero-order valence-electron chi connectivity index (χ0n) is 9.13. The fraction of sp³-hybridized carbons (Fsp3) is 0.417. The van der Waals surface area contributed by atoms with Gasteiger partial charge in [-0.1, -0.05) is 12.1 Å². The average Bonchev–Trinajstić information content (AvgIpc) is 2.01. The molecule has 14 heavy (non-hydrogen) atoms. The first kappa shape index (κ1) is 10.8. The van der Waals surface area contributed by atoms with Crippen LogP contribution in [0.2, 0.25) is 0 Å². The lowest BCUT2D eigenvalue weighted by atomic mass is 10.1. The summed E-state index contributed by atoms with van der Waals surface area (Å²) >= 11 is 0. The molecule has 0 aromatic heterocycles. The Labute approximate surface area is 84.9 Å². The topological polar surface area (TPSA) is 26.3 Å². The van der Waals surface area contributed by atoms with Crippen LogP contribution in [-0.2, 0) is 0 Å². The van der Waals surface area contributed by atoms with Gasteiger partial charge in [-0.15, -0.1) is 0 Å². The van der Waals surface area contributed by atoms with Crippen LogP contribution in [0.15, 0.2) is 24.3 Å². The predicted octanol–water partition coefficient (Wildman–Crippen LogP) is 3.07. The van der Waals surface area contributed by atoms with Crippen molar-refractivity contribution in [1.82, 2.24) is 0 Å². The molecular formula is C12H16O2. The highest BCUT2D eigenvalue weighted by Crippen LogP contribution is 2.23. The van der Waals surface area contributed by atoms with E-state index in [9.17, 15) is 4.79 Å². The standard InChI is InChI=1S/C12H16O2/c1-9(13)10-7-5-6-8-11(10)14-12(2,3)4/h5-8H,1-4H3. The van der Waals surface area contributed by atoms with Gasteiger partial charge in [-0.2, -0.15) is 0 Å². The van der Waals surface area contributed by atoms with Crippen LogP contribution in [0.3, 0.4) is 0 Å². The maximum Gasteiger partial charge on any atom is 0.163 e. The van der Waals surface area contributed by atoms with Crippen molar-refractivity contribution >= 4 is 5.78 Å². The van der Waals surface area contributed by atoms with E-state index >= 15 is 0 Å². The molecule has 0 radical (unpaired) electrons. The van der Waals surface area contributed by atoms with Crippen molar-refractivity contribution < 1.29 is 9.53 Å². The molecule has 0 aliphatic carbocycles. The van der Waals surface area contributed by atoms with Gasteiger partial charge in [0, 0.05) is 0 Å². The van der Waals surface area contributed by atoms with E-state index in [0.29, 0.717) is 11.3 Å². The fourth-order valence-electron chi connectivity index (χ4n) is 1.18. The lowest BCUT2D eigenvalue weighted by molar-refractivity contribution is 0.0990. The molecule has 0 amide bonds. The van der Waals surface area contributed by atoms with Crippen molar-refractivity contribution in [2.45, 2.75) is 33.3 Å². The second kappa shape index (κ2) is 3.82. The summed E-state index contributed by atoms with van der Waals surface area (Å²) < 4.78 is 5.67. The smallest absolute Gasteiger partial charge is 0.163 e. The molecule has 0 fully saturated rings. The Morgan fingerprint density at radius 1 is 1.21 bits per heavy atom. The summed E-state index contributed by atoms with van der Waals surface area (Å²) in [6.45, 7) is 7.43. The predicted molar refractivity (Wildman–Crippen MR) is 56.8 cm³/mol. The molecule has 0 atom stereocenters. The normalized spacial score (nSPS) is 11.1. The third-order valence-corrected chi connectivity index (χ3v) is 1.68. The van der Waals surface area contributed by atoms with E-state index in [2.05, 4.69) is 0 Å². The summed E-state index contributed by atoms with van der Waals surface area (Å²) in [6, 6.07) is 7.31. The molecule has 2 heteroatoms. The zero-order valence-corrected chi connectivity index (χ0v) is 9.13. The van der Waals surface area contributed by atoms with E-state index < -0.39 is 0 Å². The summed E-state index contributed by atoms with van der Waals surface area (Å²) in [7, 11) is 0. The Balaban J connectivity index is 3.02. The minimum atomic E-state index is -0.272. The van der Waals surface area contributed by atoms with Gasteiger partial charge in [-0.3, -0.25) is 4.79 Å². The van der Waals surface area contributed by atoms with Crippen molar-refractivity contribution in [3.8, 4) is 5.75 Å². The molecule has 0 spiro atoms. The van der Waals surface area contributed by atoms with Gasteiger partial charge in [-0.05, 0) is 39.8 Å². The number of hydrogen-bond donors (Lipinski definition) is 0. The van der Waals surface area contributed by atoms with Crippen LogP contribution in [0.25, 0.3) is 0 Å². The minimum Gasteiger partial charge on any atom is -0.487 e. The molecule has 0 saturated carbocycles. The van der Waals surface area contributed by atoms with Gasteiger partial charge in [0.1, 0.15) is 11.4 Å². The van der Waals surface area contributed by atoms with Gasteiger partial charge < -0.3 is 4.74 Å². The van der Waals surface area contributed by atoms with Crippen LogP contribution in [-0.4, -0.2) is 11.4 Å². The molecule has 1 rings (SSSR count). The summed E-state index contributed by atoms with van der Waals surface area (Å²) in [5, 5.41) is 0. The SMILES string of the molecule is CC(=O)c1ccccc1OC(C)(C)C. The summed E-state index contributed by atoms with van der Waals surface area (Å²) in [6.07, 6.45) is 0. The summed E-state index contributed by atoms with van der Waals surface area (Å²) in [4.78, 5) is 11.3. The number of hydrogen-bond acceptors (Lipinski definition) is 2. The first-order valence-electron chi connectivity index (χ1n) is 4.69. The molecule has 1 aromatic rings. The highest BCUT2D eigenvalue weighted by molar-refractivity contribution is 5.96.